The Balaban J connectivity index is 0.00000168. The van der Waals surface area contributed by atoms with Gasteiger partial charge in [-0.05, 0) is 35.9 Å². The van der Waals surface area contributed by atoms with E-state index in [-0.39, 0.29) is 24.0 Å². The van der Waals surface area contributed by atoms with Crippen molar-refractivity contribution in [3.8, 4) is 0 Å². The number of rotatable bonds is 1. The van der Waals surface area contributed by atoms with Gasteiger partial charge in [0.1, 0.15) is 23.1 Å². The van der Waals surface area contributed by atoms with Crippen molar-refractivity contribution in [1.82, 2.24) is 4.90 Å². The fourth-order valence-corrected chi connectivity index (χ4v) is 3.97. The molecule has 4 aromatic rings. The van der Waals surface area contributed by atoms with Crippen LogP contribution in [0.15, 0.2) is 65.3 Å². The van der Waals surface area contributed by atoms with Crippen molar-refractivity contribution in [2.45, 2.75) is 20.0 Å². The van der Waals surface area contributed by atoms with E-state index in [1.165, 1.54) is 37.7 Å². The van der Waals surface area contributed by atoms with Crippen LogP contribution in [0.2, 0.25) is 0 Å². The Bertz CT molecular complexity index is 1160. The number of hydrogen-bond acceptors (Lipinski definition) is 2. The third-order valence-electron chi connectivity index (χ3n) is 5.62. The molecule has 0 fully saturated rings. The van der Waals surface area contributed by atoms with E-state index in [4.69, 9.17) is 4.42 Å². The zero-order valence-corrected chi connectivity index (χ0v) is 17.2. The summed E-state index contributed by atoms with van der Waals surface area (Å²) in [6.07, 6.45) is 4.76. The highest BCUT2D eigenvalue weighted by molar-refractivity contribution is 6.11. The number of benzene rings is 3. The van der Waals surface area contributed by atoms with Crippen LogP contribution in [0, 0.1) is 6.92 Å². The summed E-state index contributed by atoms with van der Waals surface area (Å²) in [4.78, 5) is 3.59. The summed E-state index contributed by atoms with van der Waals surface area (Å²) in [5.74, 6) is 0. The second-order valence-electron chi connectivity index (χ2n) is 7.02. The van der Waals surface area contributed by atoms with Crippen molar-refractivity contribution in [2.24, 2.45) is 0 Å². The second kappa shape index (κ2) is 6.28. The maximum Gasteiger partial charge on any atom is 0.168 e. The first-order valence-corrected chi connectivity index (χ1v) is 8.75. The lowest BCUT2D eigenvalue weighted by atomic mass is 10.0. The Morgan fingerprint density at radius 3 is 2.42 bits per heavy atom. The van der Waals surface area contributed by atoms with Crippen molar-refractivity contribution < 1.29 is 33.3 Å². The largest absolute Gasteiger partial charge is 1.00 e. The molecular weight excluding hydrogens is 435 g/mol. The predicted octanol–water partition coefficient (Wildman–Crippen LogP) is 1.33. The predicted molar refractivity (Wildman–Crippen MR) is 103 cm³/mol. The first-order chi connectivity index (χ1) is 12.1. The lowest BCUT2D eigenvalue weighted by Gasteiger charge is -2.22. The van der Waals surface area contributed by atoms with Gasteiger partial charge in [-0.1, -0.05) is 24.3 Å². The van der Waals surface area contributed by atoms with Gasteiger partial charge in [0, 0.05) is 30.8 Å². The number of quaternary nitrogens is 1. The lowest BCUT2D eigenvalue weighted by molar-refractivity contribution is -0.807. The molecule has 0 saturated heterocycles. The molecule has 3 nitrogen and oxygen atoms in total. The van der Waals surface area contributed by atoms with Gasteiger partial charge in [-0.15, -0.1) is 0 Å². The monoisotopic (exact) mass is 456 g/mol. The van der Waals surface area contributed by atoms with Gasteiger partial charge in [-0.25, -0.2) is 0 Å². The fourth-order valence-electron chi connectivity index (χ4n) is 3.97. The summed E-state index contributed by atoms with van der Waals surface area (Å²) in [6, 6.07) is 17.3. The van der Waals surface area contributed by atoms with E-state index in [0.717, 1.165) is 11.2 Å². The van der Waals surface area contributed by atoms with Crippen LogP contribution >= 0.6 is 0 Å². The zero-order valence-electron chi connectivity index (χ0n) is 15.1. The van der Waals surface area contributed by atoms with Gasteiger partial charge in [0.05, 0.1) is 11.8 Å². The van der Waals surface area contributed by atoms with Gasteiger partial charge in [-0.2, -0.15) is 0 Å². The maximum absolute atomic E-state index is 6.30. The van der Waals surface area contributed by atoms with E-state index in [2.05, 4.69) is 86.7 Å². The van der Waals surface area contributed by atoms with Crippen molar-refractivity contribution in [2.75, 3.05) is 7.05 Å². The van der Waals surface area contributed by atoms with Crippen LogP contribution in [0.4, 0.5) is 5.69 Å². The van der Waals surface area contributed by atoms with Gasteiger partial charge in [-0.3, -0.25) is 4.90 Å². The first kappa shape index (κ1) is 17.4. The molecule has 1 unspecified atom stereocenters. The minimum absolute atomic E-state index is 0. The smallest absolute Gasteiger partial charge is 0.168 e. The molecule has 0 radical (unpaired) electrons. The normalized spacial score (nSPS) is 19.6. The van der Waals surface area contributed by atoms with Crippen LogP contribution in [-0.2, 0) is 0 Å². The quantitative estimate of drug-likeness (QED) is 0.437. The third-order valence-corrected chi connectivity index (χ3v) is 5.62. The molecule has 2 atom stereocenters. The Kier molecular flexibility index (Phi) is 4.20. The maximum atomic E-state index is 6.30. The number of halogens is 1. The molecule has 26 heavy (non-hydrogen) atoms. The minimum Gasteiger partial charge on any atom is -1.00 e. The van der Waals surface area contributed by atoms with E-state index < -0.39 is 0 Å². The van der Waals surface area contributed by atoms with Crippen molar-refractivity contribution >= 4 is 38.4 Å². The molecule has 1 aliphatic rings. The molecule has 1 aliphatic heterocycles. The van der Waals surface area contributed by atoms with Crippen molar-refractivity contribution in [1.29, 1.82) is 0 Å². The summed E-state index contributed by atoms with van der Waals surface area (Å²) in [5.41, 5.74) is 4.47. The van der Waals surface area contributed by atoms with Crippen molar-refractivity contribution in [3.05, 3.63) is 66.5 Å². The Morgan fingerprint density at radius 1 is 1.00 bits per heavy atom. The lowest BCUT2D eigenvalue weighted by Crippen LogP contribution is -3.06. The highest BCUT2D eigenvalue weighted by Gasteiger charge is 2.28. The molecule has 132 valence electrons. The van der Waals surface area contributed by atoms with Crippen LogP contribution in [-0.4, -0.2) is 18.1 Å². The first-order valence-electron chi connectivity index (χ1n) is 8.75. The second-order valence-corrected chi connectivity index (χ2v) is 7.02. The van der Waals surface area contributed by atoms with Gasteiger partial charge >= 0.3 is 0 Å². The summed E-state index contributed by atoms with van der Waals surface area (Å²) >= 11 is 0. The van der Waals surface area contributed by atoms with Crippen LogP contribution in [0.1, 0.15) is 12.5 Å². The van der Waals surface area contributed by atoms with E-state index in [9.17, 15) is 0 Å². The highest BCUT2D eigenvalue weighted by atomic mass is 127. The average molecular weight is 456 g/mol. The van der Waals surface area contributed by atoms with E-state index in [0.29, 0.717) is 6.17 Å². The molecule has 0 aliphatic carbocycles. The van der Waals surface area contributed by atoms with Gasteiger partial charge in [0.25, 0.3) is 0 Å². The molecule has 0 saturated carbocycles. The number of furan rings is 1. The van der Waals surface area contributed by atoms with E-state index >= 15 is 0 Å². The number of nitrogens with zero attached hydrogens (tertiary/aromatic N) is 1. The van der Waals surface area contributed by atoms with Gasteiger partial charge < -0.3 is 33.3 Å². The number of fused-ring (bicyclic) bond motifs is 4. The number of hydrogen-bond donors (Lipinski definition) is 1. The summed E-state index contributed by atoms with van der Waals surface area (Å²) in [6.45, 7) is 4.41. The van der Waals surface area contributed by atoms with Gasteiger partial charge in [0.2, 0.25) is 0 Å². The summed E-state index contributed by atoms with van der Waals surface area (Å²) < 4.78 is 6.30. The van der Waals surface area contributed by atoms with Crippen LogP contribution < -0.4 is 28.9 Å². The number of aryl methyl sites for hydroxylation is 1. The Morgan fingerprint density at radius 2 is 1.73 bits per heavy atom. The third kappa shape index (κ3) is 2.43. The average Bonchev–Trinajstić information content (AvgIpc) is 3.15. The van der Waals surface area contributed by atoms with Crippen LogP contribution in [0.3, 0.4) is 0 Å². The Hall–Kier alpha value is -2.05. The molecule has 2 heterocycles. The zero-order chi connectivity index (χ0) is 17.1. The molecular formula is C22H21IN2O. The topological polar surface area (TPSA) is 20.8 Å². The van der Waals surface area contributed by atoms with Crippen LogP contribution in [0.5, 0.6) is 0 Å². The molecule has 1 aromatic heterocycles. The standard InChI is InChI=1S/C22H20N2O.HI/c1-14-20(24-11-10-23(3)15(24)2)9-8-18-19-12-16-6-4-5-7-17(16)13-21(19)25-22(14)18;/h4-13,15H,1-3H3;1H/t15-;/m0./s1. The Labute approximate surface area is 169 Å². The molecule has 5 rings (SSSR count). The molecule has 4 heteroatoms. The van der Waals surface area contributed by atoms with Gasteiger partial charge in [0.15, 0.2) is 6.17 Å². The fraction of sp³-hybridized carbons (Fsp3) is 0.182. The molecule has 0 bridgehead atoms. The van der Waals surface area contributed by atoms with Crippen LogP contribution in [0.25, 0.3) is 32.7 Å². The van der Waals surface area contributed by atoms with E-state index in [1.807, 2.05) is 0 Å². The summed E-state index contributed by atoms with van der Waals surface area (Å²) in [7, 11) is 2.12. The summed E-state index contributed by atoms with van der Waals surface area (Å²) in [5, 5.41) is 4.86. The molecule has 1 N–H and O–H groups in total. The SMILES string of the molecule is Cc1c([NH+]2C=CN(C)[C@@H]2C)ccc2c1oc1cc3ccccc3cc12.[I-]. The molecule has 0 spiro atoms. The highest BCUT2D eigenvalue weighted by Crippen LogP contribution is 2.35. The molecule has 0 amide bonds. The van der Waals surface area contributed by atoms with Crippen molar-refractivity contribution in [3.63, 3.8) is 0 Å². The number of nitrogens with one attached hydrogen (secondary N) is 1. The minimum atomic E-state index is 0. The molecule has 3 aromatic carbocycles. The van der Waals surface area contributed by atoms with E-state index in [1.54, 1.807) is 0 Å².